The molecule has 1 aliphatic rings. The summed E-state index contributed by atoms with van der Waals surface area (Å²) in [6.07, 6.45) is 0. The highest BCUT2D eigenvalue weighted by molar-refractivity contribution is 5.96. The molecular formula is C17H24N6O2. The Balaban J connectivity index is 1.69. The van der Waals surface area contributed by atoms with Gasteiger partial charge in [-0.25, -0.2) is 4.98 Å². The molecule has 3 heterocycles. The van der Waals surface area contributed by atoms with Gasteiger partial charge in [0.1, 0.15) is 17.1 Å². The van der Waals surface area contributed by atoms with Gasteiger partial charge in [0.2, 0.25) is 5.95 Å². The number of carbonyl (C=O) groups is 1. The average Bonchev–Trinajstić information content (AvgIpc) is 2.93. The first-order valence-electron chi connectivity index (χ1n) is 8.56. The predicted molar refractivity (Wildman–Crippen MR) is 95.0 cm³/mol. The normalized spacial score (nSPS) is 14.7. The van der Waals surface area contributed by atoms with Crippen LogP contribution in [-0.2, 0) is 0 Å². The lowest BCUT2D eigenvalue weighted by Gasteiger charge is -2.35. The summed E-state index contributed by atoms with van der Waals surface area (Å²) < 4.78 is 5.12. The fourth-order valence-electron chi connectivity index (χ4n) is 3.04. The van der Waals surface area contributed by atoms with Crippen molar-refractivity contribution in [3.63, 3.8) is 0 Å². The minimum absolute atomic E-state index is 0.0110. The van der Waals surface area contributed by atoms with Gasteiger partial charge in [0, 0.05) is 44.5 Å². The molecule has 8 heteroatoms. The van der Waals surface area contributed by atoms with Gasteiger partial charge >= 0.3 is 0 Å². The van der Waals surface area contributed by atoms with Gasteiger partial charge in [0.15, 0.2) is 0 Å². The third-order valence-electron chi connectivity index (χ3n) is 4.31. The molecule has 0 spiro atoms. The van der Waals surface area contributed by atoms with Crippen LogP contribution in [0.15, 0.2) is 10.6 Å². The molecule has 0 atom stereocenters. The topological polar surface area (TPSA) is 87.4 Å². The van der Waals surface area contributed by atoms with Crippen LogP contribution in [0.5, 0.6) is 0 Å². The third kappa shape index (κ3) is 3.57. The van der Waals surface area contributed by atoms with Crippen LogP contribution in [0.4, 0.5) is 11.8 Å². The number of anilines is 2. The number of piperazine rings is 1. The fourth-order valence-corrected chi connectivity index (χ4v) is 3.04. The predicted octanol–water partition coefficient (Wildman–Crippen LogP) is 1.78. The van der Waals surface area contributed by atoms with Gasteiger partial charge in [-0.05, 0) is 27.7 Å². The van der Waals surface area contributed by atoms with Crippen molar-refractivity contribution in [2.75, 3.05) is 42.9 Å². The van der Waals surface area contributed by atoms with Crippen molar-refractivity contribution in [1.82, 2.24) is 20.0 Å². The summed E-state index contributed by atoms with van der Waals surface area (Å²) in [5.74, 6) is 2.11. The lowest BCUT2D eigenvalue weighted by atomic mass is 10.1. The maximum atomic E-state index is 12.7. The van der Waals surface area contributed by atoms with Crippen molar-refractivity contribution >= 4 is 17.7 Å². The van der Waals surface area contributed by atoms with Crippen LogP contribution in [-0.4, -0.2) is 58.7 Å². The van der Waals surface area contributed by atoms with Crippen LogP contribution in [0.1, 0.15) is 34.4 Å². The zero-order valence-electron chi connectivity index (χ0n) is 15.2. The molecule has 8 nitrogen and oxygen atoms in total. The summed E-state index contributed by atoms with van der Waals surface area (Å²) in [5, 5.41) is 7.03. The van der Waals surface area contributed by atoms with Crippen LogP contribution in [0, 0.1) is 20.8 Å². The van der Waals surface area contributed by atoms with Crippen molar-refractivity contribution in [3.8, 4) is 0 Å². The molecule has 25 heavy (non-hydrogen) atoms. The average molecular weight is 344 g/mol. The van der Waals surface area contributed by atoms with Crippen molar-refractivity contribution in [2.45, 2.75) is 27.7 Å². The van der Waals surface area contributed by atoms with E-state index in [0.717, 1.165) is 31.1 Å². The van der Waals surface area contributed by atoms with E-state index in [1.807, 2.05) is 24.8 Å². The summed E-state index contributed by atoms with van der Waals surface area (Å²) in [6.45, 7) is 11.1. The first-order chi connectivity index (χ1) is 12.0. The van der Waals surface area contributed by atoms with Crippen LogP contribution in [0.3, 0.4) is 0 Å². The number of amides is 1. The molecule has 0 aromatic carbocycles. The van der Waals surface area contributed by atoms with Gasteiger partial charge in [-0.2, -0.15) is 4.98 Å². The number of carbonyl (C=O) groups excluding carboxylic acids is 1. The van der Waals surface area contributed by atoms with Crippen LogP contribution < -0.4 is 10.2 Å². The molecule has 0 saturated carbocycles. The van der Waals surface area contributed by atoms with E-state index in [0.29, 0.717) is 36.1 Å². The van der Waals surface area contributed by atoms with Crippen LogP contribution >= 0.6 is 0 Å². The Kier molecular flexibility index (Phi) is 4.87. The molecule has 2 aromatic rings. The third-order valence-corrected chi connectivity index (χ3v) is 4.31. The molecule has 3 rings (SSSR count). The first-order valence-corrected chi connectivity index (χ1v) is 8.56. The van der Waals surface area contributed by atoms with E-state index in [-0.39, 0.29) is 5.91 Å². The molecular weight excluding hydrogens is 320 g/mol. The van der Waals surface area contributed by atoms with Gasteiger partial charge in [-0.3, -0.25) is 4.79 Å². The lowest BCUT2D eigenvalue weighted by molar-refractivity contribution is 0.0744. The highest BCUT2D eigenvalue weighted by Crippen LogP contribution is 2.20. The quantitative estimate of drug-likeness (QED) is 0.904. The van der Waals surface area contributed by atoms with Crippen LogP contribution in [0.2, 0.25) is 0 Å². The number of hydrogen-bond acceptors (Lipinski definition) is 7. The zero-order valence-corrected chi connectivity index (χ0v) is 15.2. The van der Waals surface area contributed by atoms with Crippen LogP contribution in [0.25, 0.3) is 0 Å². The van der Waals surface area contributed by atoms with E-state index < -0.39 is 0 Å². The Bertz CT molecular complexity index is 745. The molecule has 2 aromatic heterocycles. The molecule has 1 saturated heterocycles. The number of rotatable bonds is 4. The number of hydrogen-bond donors (Lipinski definition) is 1. The summed E-state index contributed by atoms with van der Waals surface area (Å²) in [7, 11) is 0. The van der Waals surface area contributed by atoms with Gasteiger partial charge in [0.25, 0.3) is 5.91 Å². The number of aryl methyl sites for hydroxylation is 3. The molecule has 0 bridgehead atoms. The molecule has 1 fully saturated rings. The SMILES string of the molecule is CCNc1nc(C)cc(N2CCN(C(=O)c3c(C)noc3C)CC2)n1. The van der Waals surface area contributed by atoms with Crippen molar-refractivity contribution in [1.29, 1.82) is 0 Å². The highest BCUT2D eigenvalue weighted by Gasteiger charge is 2.27. The zero-order chi connectivity index (χ0) is 18.0. The van der Waals surface area contributed by atoms with Gasteiger partial charge in [0.05, 0.1) is 5.69 Å². The Morgan fingerprint density at radius 2 is 1.92 bits per heavy atom. The standard InChI is InChI=1S/C17H24N6O2/c1-5-18-17-19-11(2)10-14(20-17)22-6-8-23(9-7-22)16(24)15-12(3)21-25-13(15)4/h10H,5-9H2,1-4H3,(H,18,19,20). The van der Waals surface area contributed by atoms with E-state index in [9.17, 15) is 4.79 Å². The summed E-state index contributed by atoms with van der Waals surface area (Å²) in [6, 6.07) is 1.98. The minimum atomic E-state index is -0.0110. The van der Waals surface area contributed by atoms with Crippen molar-refractivity contribution < 1.29 is 9.32 Å². The molecule has 0 radical (unpaired) electrons. The maximum Gasteiger partial charge on any atom is 0.259 e. The number of aromatic nitrogens is 3. The Morgan fingerprint density at radius 3 is 2.52 bits per heavy atom. The highest BCUT2D eigenvalue weighted by atomic mass is 16.5. The molecule has 1 aliphatic heterocycles. The Labute approximate surface area is 147 Å². The van der Waals surface area contributed by atoms with Crippen molar-refractivity contribution in [2.24, 2.45) is 0 Å². The summed E-state index contributed by atoms with van der Waals surface area (Å²) in [5.41, 5.74) is 2.16. The first kappa shape index (κ1) is 17.2. The van der Waals surface area contributed by atoms with E-state index in [1.165, 1.54) is 0 Å². The van der Waals surface area contributed by atoms with E-state index in [4.69, 9.17) is 4.52 Å². The molecule has 1 N–H and O–H groups in total. The molecule has 1 amide bonds. The second-order valence-electron chi connectivity index (χ2n) is 6.20. The summed E-state index contributed by atoms with van der Waals surface area (Å²) in [4.78, 5) is 25.7. The van der Waals surface area contributed by atoms with E-state index in [2.05, 4.69) is 25.3 Å². The largest absolute Gasteiger partial charge is 0.361 e. The van der Waals surface area contributed by atoms with E-state index >= 15 is 0 Å². The monoisotopic (exact) mass is 344 g/mol. The Hall–Kier alpha value is -2.64. The molecule has 0 unspecified atom stereocenters. The van der Waals surface area contributed by atoms with E-state index in [1.54, 1.807) is 13.8 Å². The van der Waals surface area contributed by atoms with Crippen molar-refractivity contribution in [3.05, 3.63) is 28.8 Å². The molecule has 0 aliphatic carbocycles. The van der Waals surface area contributed by atoms with Gasteiger partial charge in [-0.15, -0.1) is 0 Å². The smallest absolute Gasteiger partial charge is 0.259 e. The fraction of sp³-hybridized carbons (Fsp3) is 0.529. The Morgan fingerprint density at radius 1 is 1.20 bits per heavy atom. The van der Waals surface area contributed by atoms with Gasteiger partial charge in [-0.1, -0.05) is 5.16 Å². The second kappa shape index (κ2) is 7.08. The van der Waals surface area contributed by atoms with Gasteiger partial charge < -0.3 is 19.6 Å². The number of nitrogens with zero attached hydrogens (tertiary/aromatic N) is 5. The molecule has 134 valence electrons. The maximum absolute atomic E-state index is 12.7. The minimum Gasteiger partial charge on any atom is -0.361 e. The number of nitrogens with one attached hydrogen (secondary N) is 1. The lowest BCUT2D eigenvalue weighted by Crippen LogP contribution is -2.49. The second-order valence-corrected chi connectivity index (χ2v) is 6.20. The summed E-state index contributed by atoms with van der Waals surface area (Å²) >= 11 is 0.